The van der Waals surface area contributed by atoms with Crippen LogP contribution in [0.3, 0.4) is 0 Å². The Morgan fingerprint density at radius 1 is 1.19 bits per heavy atom. The van der Waals surface area contributed by atoms with Gasteiger partial charge >= 0.3 is 0 Å². The predicted molar refractivity (Wildman–Crippen MR) is 97.5 cm³/mol. The smallest absolute Gasteiger partial charge is 0.291 e. The number of hydrogen-bond donors (Lipinski definition) is 1. The number of hydrogen-bond acceptors (Lipinski definition) is 5. The Bertz CT molecular complexity index is 872. The highest BCUT2D eigenvalue weighted by Gasteiger charge is 2.12. The zero-order chi connectivity index (χ0) is 18.4. The number of amides is 1. The summed E-state index contributed by atoms with van der Waals surface area (Å²) in [7, 11) is 1.57. The minimum atomic E-state index is -0.349. The zero-order valence-electron chi connectivity index (χ0n) is 14.7. The number of furan rings is 1. The SMILES string of the molecule is CCc1cccc(Oc2ccc(NC(=O)c3ccc(COC)o3)cn2)c1. The van der Waals surface area contributed by atoms with Crippen LogP contribution in [0.5, 0.6) is 11.6 Å². The van der Waals surface area contributed by atoms with Crippen LogP contribution in [0, 0.1) is 0 Å². The molecule has 1 aromatic carbocycles. The molecule has 2 aromatic heterocycles. The second kappa shape index (κ2) is 8.31. The number of aryl methyl sites for hydroxylation is 1. The van der Waals surface area contributed by atoms with Crippen molar-refractivity contribution < 1.29 is 18.7 Å². The maximum Gasteiger partial charge on any atom is 0.291 e. The molecule has 6 nitrogen and oxygen atoms in total. The van der Waals surface area contributed by atoms with Crippen LogP contribution >= 0.6 is 0 Å². The molecule has 0 aliphatic carbocycles. The molecule has 0 spiro atoms. The van der Waals surface area contributed by atoms with E-state index >= 15 is 0 Å². The lowest BCUT2D eigenvalue weighted by Crippen LogP contribution is -2.11. The van der Waals surface area contributed by atoms with Crippen LogP contribution in [0.1, 0.15) is 28.8 Å². The standard InChI is InChI=1S/C20H20N2O4/c1-3-14-5-4-6-16(11-14)26-19-10-7-15(12-21-19)22-20(23)18-9-8-17(25-18)13-24-2/h4-12H,3,13H2,1-2H3,(H,22,23). The maximum absolute atomic E-state index is 12.2. The van der Waals surface area contributed by atoms with Gasteiger partial charge < -0.3 is 19.2 Å². The lowest BCUT2D eigenvalue weighted by atomic mass is 10.2. The topological polar surface area (TPSA) is 73.6 Å². The van der Waals surface area contributed by atoms with E-state index in [-0.39, 0.29) is 11.7 Å². The molecule has 0 bridgehead atoms. The summed E-state index contributed by atoms with van der Waals surface area (Å²) in [5, 5.41) is 2.73. The van der Waals surface area contributed by atoms with E-state index < -0.39 is 0 Å². The van der Waals surface area contributed by atoms with Gasteiger partial charge in [0.25, 0.3) is 5.91 Å². The van der Waals surface area contributed by atoms with Crippen LogP contribution in [-0.2, 0) is 17.8 Å². The predicted octanol–water partition coefficient (Wildman–Crippen LogP) is 4.43. The molecule has 0 fully saturated rings. The lowest BCUT2D eigenvalue weighted by Gasteiger charge is -2.07. The molecule has 0 aliphatic rings. The van der Waals surface area contributed by atoms with E-state index in [0.29, 0.717) is 23.9 Å². The van der Waals surface area contributed by atoms with Gasteiger partial charge in [0.05, 0.1) is 11.9 Å². The van der Waals surface area contributed by atoms with E-state index in [0.717, 1.165) is 12.2 Å². The van der Waals surface area contributed by atoms with E-state index in [1.54, 1.807) is 31.4 Å². The number of anilines is 1. The summed E-state index contributed by atoms with van der Waals surface area (Å²) in [6.07, 6.45) is 2.48. The Morgan fingerprint density at radius 2 is 2.08 bits per heavy atom. The monoisotopic (exact) mass is 352 g/mol. The van der Waals surface area contributed by atoms with Gasteiger partial charge in [-0.05, 0) is 42.3 Å². The zero-order valence-corrected chi connectivity index (χ0v) is 14.7. The first-order chi connectivity index (χ1) is 12.7. The minimum absolute atomic E-state index is 0.216. The molecule has 134 valence electrons. The molecular weight excluding hydrogens is 332 g/mol. The second-order valence-electron chi connectivity index (χ2n) is 5.64. The highest BCUT2D eigenvalue weighted by molar-refractivity contribution is 6.02. The normalized spacial score (nSPS) is 10.5. The summed E-state index contributed by atoms with van der Waals surface area (Å²) in [6.45, 7) is 2.41. The molecule has 0 atom stereocenters. The molecular formula is C20H20N2O4. The van der Waals surface area contributed by atoms with Crippen molar-refractivity contribution in [1.29, 1.82) is 0 Å². The van der Waals surface area contributed by atoms with E-state index in [4.69, 9.17) is 13.9 Å². The van der Waals surface area contributed by atoms with Crippen molar-refractivity contribution in [2.75, 3.05) is 12.4 Å². The lowest BCUT2D eigenvalue weighted by molar-refractivity contribution is 0.0987. The number of carbonyl (C=O) groups excluding carboxylic acids is 1. The van der Waals surface area contributed by atoms with Crippen molar-refractivity contribution >= 4 is 11.6 Å². The number of carbonyl (C=O) groups is 1. The number of methoxy groups -OCH3 is 1. The average Bonchev–Trinajstić information content (AvgIpc) is 3.13. The van der Waals surface area contributed by atoms with Crippen molar-refractivity contribution in [3.63, 3.8) is 0 Å². The first-order valence-corrected chi connectivity index (χ1v) is 8.29. The Labute approximate surface area is 151 Å². The van der Waals surface area contributed by atoms with Crippen molar-refractivity contribution in [3.05, 3.63) is 71.8 Å². The summed E-state index contributed by atoms with van der Waals surface area (Å²) in [6, 6.07) is 14.6. The Morgan fingerprint density at radius 3 is 2.81 bits per heavy atom. The molecule has 1 N–H and O–H groups in total. The Kier molecular flexibility index (Phi) is 5.66. The number of pyridine rings is 1. The number of benzene rings is 1. The van der Waals surface area contributed by atoms with Crippen LogP contribution in [0.25, 0.3) is 0 Å². The van der Waals surface area contributed by atoms with Gasteiger partial charge in [0.1, 0.15) is 18.1 Å². The van der Waals surface area contributed by atoms with Crippen LogP contribution in [0.15, 0.2) is 59.1 Å². The van der Waals surface area contributed by atoms with E-state index in [9.17, 15) is 4.79 Å². The van der Waals surface area contributed by atoms with E-state index in [2.05, 4.69) is 17.2 Å². The molecule has 0 saturated carbocycles. The molecule has 0 unspecified atom stereocenters. The summed E-state index contributed by atoms with van der Waals surface area (Å²) < 4.78 is 16.1. The first-order valence-electron chi connectivity index (χ1n) is 8.29. The number of ether oxygens (including phenoxy) is 2. The van der Waals surface area contributed by atoms with Crippen molar-refractivity contribution in [1.82, 2.24) is 4.98 Å². The molecule has 3 aromatic rings. The maximum atomic E-state index is 12.2. The van der Waals surface area contributed by atoms with Gasteiger partial charge in [-0.2, -0.15) is 0 Å². The molecule has 2 heterocycles. The number of nitrogens with zero attached hydrogens (tertiary/aromatic N) is 1. The highest BCUT2D eigenvalue weighted by Crippen LogP contribution is 2.22. The minimum Gasteiger partial charge on any atom is -0.453 e. The van der Waals surface area contributed by atoms with Gasteiger partial charge in [-0.3, -0.25) is 4.79 Å². The summed E-state index contributed by atoms with van der Waals surface area (Å²) in [5.74, 6) is 1.65. The third-order valence-corrected chi connectivity index (χ3v) is 3.70. The van der Waals surface area contributed by atoms with Gasteiger partial charge in [0, 0.05) is 13.2 Å². The van der Waals surface area contributed by atoms with Crippen molar-refractivity contribution in [2.24, 2.45) is 0 Å². The van der Waals surface area contributed by atoms with Gasteiger partial charge in [-0.15, -0.1) is 0 Å². The van der Waals surface area contributed by atoms with Crippen LogP contribution < -0.4 is 10.1 Å². The number of rotatable bonds is 7. The van der Waals surface area contributed by atoms with Crippen LogP contribution in [0.4, 0.5) is 5.69 Å². The molecule has 0 radical (unpaired) electrons. The van der Waals surface area contributed by atoms with Gasteiger partial charge in [-0.1, -0.05) is 19.1 Å². The van der Waals surface area contributed by atoms with Crippen LogP contribution in [0.2, 0.25) is 0 Å². The largest absolute Gasteiger partial charge is 0.453 e. The summed E-state index contributed by atoms with van der Waals surface area (Å²) >= 11 is 0. The third kappa shape index (κ3) is 4.49. The van der Waals surface area contributed by atoms with Crippen molar-refractivity contribution in [2.45, 2.75) is 20.0 Å². The summed E-state index contributed by atoms with van der Waals surface area (Å²) in [5.41, 5.74) is 1.74. The fourth-order valence-electron chi connectivity index (χ4n) is 2.38. The molecule has 1 amide bonds. The van der Waals surface area contributed by atoms with E-state index in [1.807, 2.05) is 24.3 Å². The molecule has 26 heavy (non-hydrogen) atoms. The summed E-state index contributed by atoms with van der Waals surface area (Å²) in [4.78, 5) is 16.4. The average molecular weight is 352 g/mol. The van der Waals surface area contributed by atoms with E-state index in [1.165, 1.54) is 11.8 Å². The highest BCUT2D eigenvalue weighted by atomic mass is 16.5. The third-order valence-electron chi connectivity index (χ3n) is 3.70. The molecule has 0 saturated heterocycles. The second-order valence-corrected chi connectivity index (χ2v) is 5.64. The Balaban J connectivity index is 1.62. The fraction of sp³-hybridized carbons (Fsp3) is 0.200. The van der Waals surface area contributed by atoms with Crippen LogP contribution in [-0.4, -0.2) is 18.0 Å². The molecule has 6 heteroatoms. The van der Waals surface area contributed by atoms with Crippen molar-refractivity contribution in [3.8, 4) is 11.6 Å². The Hall–Kier alpha value is -3.12. The molecule has 0 aliphatic heterocycles. The number of aromatic nitrogens is 1. The van der Waals surface area contributed by atoms with Gasteiger partial charge in [0.15, 0.2) is 5.76 Å². The first kappa shape index (κ1) is 17.7. The quantitative estimate of drug-likeness (QED) is 0.681. The molecule has 3 rings (SSSR count). The fourth-order valence-corrected chi connectivity index (χ4v) is 2.38. The number of nitrogens with one attached hydrogen (secondary N) is 1. The van der Waals surface area contributed by atoms with Gasteiger partial charge in [0.2, 0.25) is 5.88 Å². The van der Waals surface area contributed by atoms with Gasteiger partial charge in [-0.25, -0.2) is 4.98 Å².